The summed E-state index contributed by atoms with van der Waals surface area (Å²) in [6.07, 6.45) is -6.03. The molecule has 0 bridgehead atoms. The molecule has 0 spiro atoms. The van der Waals surface area contributed by atoms with Crippen molar-refractivity contribution in [3.63, 3.8) is 0 Å². The molecular weight excluding hydrogens is 369 g/mol. The number of hydrogen-bond donors (Lipinski definition) is 2. The number of benzene rings is 1. The lowest BCUT2D eigenvalue weighted by molar-refractivity contribution is -0.143. The van der Waals surface area contributed by atoms with Gasteiger partial charge in [-0.25, -0.2) is 13.2 Å². The summed E-state index contributed by atoms with van der Waals surface area (Å²) in [5.41, 5.74) is -1.04. The second-order valence-corrected chi connectivity index (χ2v) is 7.11. The van der Waals surface area contributed by atoms with E-state index in [-0.39, 0.29) is 6.54 Å². The Morgan fingerprint density at radius 1 is 1.08 bits per heavy atom. The highest BCUT2D eigenvalue weighted by Gasteiger charge is 2.41. The van der Waals surface area contributed by atoms with Gasteiger partial charge in [0.05, 0.1) is 17.0 Å². The molecule has 25 heavy (non-hydrogen) atoms. The number of carbonyl (C=O) groups is 2. The number of halogens is 3. The number of amides is 1. The van der Waals surface area contributed by atoms with Gasteiger partial charge < -0.3 is 15.1 Å². The predicted molar refractivity (Wildman–Crippen MR) is 76.4 cm³/mol. The molecular formula is C13H13F3N2O6S. The fourth-order valence-corrected chi connectivity index (χ4v) is 3.94. The Hall–Kier alpha value is -2.34. The lowest BCUT2D eigenvalue weighted by Crippen LogP contribution is -2.59. The number of hydrogen-bond acceptors (Lipinski definition) is 4. The number of carboxylic acid groups (broad SMARTS) is 2. The van der Waals surface area contributed by atoms with Gasteiger partial charge in [-0.15, -0.1) is 0 Å². The maximum atomic E-state index is 12.6. The van der Waals surface area contributed by atoms with Gasteiger partial charge in [-0.3, -0.25) is 4.79 Å². The summed E-state index contributed by atoms with van der Waals surface area (Å²) in [5, 5.41) is 18.1. The first-order valence-corrected chi connectivity index (χ1v) is 8.28. The maximum Gasteiger partial charge on any atom is 0.416 e. The third kappa shape index (κ3) is 3.85. The normalized spacial score (nSPS) is 19.6. The molecule has 0 unspecified atom stereocenters. The molecule has 1 aliphatic rings. The zero-order valence-corrected chi connectivity index (χ0v) is 13.3. The summed E-state index contributed by atoms with van der Waals surface area (Å²) >= 11 is 0. The summed E-state index contributed by atoms with van der Waals surface area (Å²) < 4.78 is 63.4. The van der Waals surface area contributed by atoms with E-state index in [4.69, 9.17) is 5.11 Å². The molecule has 0 aliphatic carbocycles. The van der Waals surface area contributed by atoms with Gasteiger partial charge in [0.25, 0.3) is 0 Å². The molecule has 0 saturated carbocycles. The summed E-state index contributed by atoms with van der Waals surface area (Å²) in [4.78, 5) is 22.5. The Kier molecular flexibility index (Phi) is 4.95. The Balaban J connectivity index is 2.34. The molecule has 1 saturated heterocycles. The van der Waals surface area contributed by atoms with Crippen LogP contribution in [0.1, 0.15) is 5.56 Å². The largest absolute Gasteiger partial charge is 0.480 e. The molecule has 1 aromatic carbocycles. The van der Waals surface area contributed by atoms with Crippen LogP contribution in [0.25, 0.3) is 0 Å². The van der Waals surface area contributed by atoms with Crippen LogP contribution in [0, 0.1) is 0 Å². The van der Waals surface area contributed by atoms with Gasteiger partial charge in [0, 0.05) is 13.1 Å². The van der Waals surface area contributed by atoms with Gasteiger partial charge in [0.15, 0.2) is 0 Å². The van der Waals surface area contributed by atoms with Crippen LogP contribution in [0.15, 0.2) is 29.2 Å². The van der Waals surface area contributed by atoms with E-state index in [1.54, 1.807) is 0 Å². The summed E-state index contributed by atoms with van der Waals surface area (Å²) in [6, 6.07) is 0.963. The molecule has 2 N–H and O–H groups in total. The molecule has 1 amide bonds. The second kappa shape index (κ2) is 6.52. The SMILES string of the molecule is O=C(O)[C@H]1CN(C(=O)O)CCN1S(=O)(=O)c1ccc(C(F)(F)F)cc1. The average molecular weight is 382 g/mol. The van der Waals surface area contributed by atoms with E-state index in [9.17, 15) is 36.3 Å². The third-order valence-electron chi connectivity index (χ3n) is 3.68. The van der Waals surface area contributed by atoms with Crippen LogP contribution in [-0.2, 0) is 21.0 Å². The van der Waals surface area contributed by atoms with Crippen LogP contribution in [0.3, 0.4) is 0 Å². The van der Waals surface area contributed by atoms with Gasteiger partial charge >= 0.3 is 18.2 Å². The van der Waals surface area contributed by atoms with Gasteiger partial charge in [0.1, 0.15) is 6.04 Å². The van der Waals surface area contributed by atoms with Gasteiger partial charge in [-0.05, 0) is 24.3 Å². The number of aliphatic carboxylic acids is 1. The van der Waals surface area contributed by atoms with Crippen LogP contribution < -0.4 is 0 Å². The molecule has 0 radical (unpaired) electrons. The molecule has 1 atom stereocenters. The van der Waals surface area contributed by atoms with Crippen molar-refractivity contribution in [3.05, 3.63) is 29.8 Å². The zero-order valence-electron chi connectivity index (χ0n) is 12.5. The minimum Gasteiger partial charge on any atom is -0.480 e. The summed E-state index contributed by atoms with van der Waals surface area (Å²) in [5.74, 6) is -1.55. The molecule has 12 heteroatoms. The Morgan fingerprint density at radius 3 is 2.08 bits per heavy atom. The predicted octanol–water partition coefficient (Wildman–Crippen LogP) is 1.14. The van der Waals surface area contributed by atoms with Gasteiger partial charge in [-0.2, -0.15) is 17.5 Å². The Morgan fingerprint density at radius 2 is 1.64 bits per heavy atom. The standard InChI is InChI=1S/C13H13F3N2O6S/c14-13(15,16)8-1-3-9(4-2-8)25(23,24)18-6-5-17(12(21)22)7-10(18)11(19)20/h1-4,10H,5-7H2,(H,19,20)(H,21,22)/t10-/m1/s1. The Labute approximate surface area is 140 Å². The van der Waals surface area contributed by atoms with E-state index in [2.05, 4.69) is 0 Å². The van der Waals surface area contributed by atoms with Gasteiger partial charge in [0.2, 0.25) is 10.0 Å². The highest BCUT2D eigenvalue weighted by molar-refractivity contribution is 7.89. The van der Waals surface area contributed by atoms with E-state index in [1.165, 1.54) is 0 Å². The molecule has 0 aromatic heterocycles. The van der Waals surface area contributed by atoms with Crippen LogP contribution in [0.4, 0.5) is 18.0 Å². The summed E-state index contributed by atoms with van der Waals surface area (Å²) in [7, 11) is -4.40. The zero-order chi connectivity index (χ0) is 19.0. The molecule has 1 aliphatic heterocycles. The lowest BCUT2D eigenvalue weighted by Gasteiger charge is -2.37. The average Bonchev–Trinajstić information content (AvgIpc) is 2.53. The first kappa shape index (κ1) is 19.0. The van der Waals surface area contributed by atoms with Crippen molar-refractivity contribution in [2.75, 3.05) is 19.6 Å². The lowest BCUT2D eigenvalue weighted by atomic mass is 10.2. The quantitative estimate of drug-likeness (QED) is 0.810. The van der Waals surface area contributed by atoms with Crippen molar-refractivity contribution in [1.29, 1.82) is 0 Å². The van der Waals surface area contributed by atoms with Crippen LogP contribution in [0.2, 0.25) is 0 Å². The van der Waals surface area contributed by atoms with E-state index in [0.29, 0.717) is 16.4 Å². The number of nitrogens with zero attached hydrogens (tertiary/aromatic N) is 2. The highest BCUT2D eigenvalue weighted by atomic mass is 32.2. The number of piperazine rings is 1. The molecule has 1 aromatic rings. The van der Waals surface area contributed by atoms with Crippen LogP contribution in [-0.4, -0.2) is 65.6 Å². The topological polar surface area (TPSA) is 115 Å². The molecule has 8 nitrogen and oxygen atoms in total. The Bertz CT molecular complexity index is 778. The fourth-order valence-electron chi connectivity index (χ4n) is 2.38. The van der Waals surface area contributed by atoms with Crippen molar-refractivity contribution < 1.29 is 41.4 Å². The fraction of sp³-hybridized carbons (Fsp3) is 0.385. The van der Waals surface area contributed by atoms with Crippen molar-refractivity contribution in [2.24, 2.45) is 0 Å². The first-order valence-electron chi connectivity index (χ1n) is 6.84. The van der Waals surface area contributed by atoms with Crippen LogP contribution in [0.5, 0.6) is 0 Å². The highest BCUT2D eigenvalue weighted by Crippen LogP contribution is 2.30. The first-order chi connectivity index (χ1) is 11.4. The molecule has 138 valence electrons. The van der Waals surface area contributed by atoms with Crippen LogP contribution >= 0.6 is 0 Å². The molecule has 2 rings (SSSR count). The number of rotatable bonds is 3. The molecule has 1 heterocycles. The van der Waals surface area contributed by atoms with Crippen molar-refractivity contribution >= 4 is 22.1 Å². The monoisotopic (exact) mass is 382 g/mol. The van der Waals surface area contributed by atoms with Gasteiger partial charge in [-0.1, -0.05) is 0 Å². The van der Waals surface area contributed by atoms with E-state index in [0.717, 1.165) is 17.0 Å². The van der Waals surface area contributed by atoms with Crippen molar-refractivity contribution in [2.45, 2.75) is 17.1 Å². The smallest absolute Gasteiger partial charge is 0.416 e. The van der Waals surface area contributed by atoms with Crippen molar-refractivity contribution in [1.82, 2.24) is 9.21 Å². The summed E-state index contributed by atoms with van der Waals surface area (Å²) in [6.45, 7) is -1.25. The minimum absolute atomic E-state index is 0.251. The van der Waals surface area contributed by atoms with E-state index in [1.807, 2.05) is 0 Å². The number of alkyl halides is 3. The molecule has 1 fully saturated rings. The number of carboxylic acids is 1. The second-order valence-electron chi connectivity index (χ2n) is 5.22. The van der Waals surface area contributed by atoms with Crippen molar-refractivity contribution in [3.8, 4) is 0 Å². The number of sulfonamides is 1. The maximum absolute atomic E-state index is 12.6. The van der Waals surface area contributed by atoms with E-state index >= 15 is 0 Å². The third-order valence-corrected chi connectivity index (χ3v) is 5.60. The minimum atomic E-state index is -4.64. The van der Waals surface area contributed by atoms with E-state index < -0.39 is 57.9 Å².